The maximum atomic E-state index is 13.7. The van der Waals surface area contributed by atoms with E-state index in [1.165, 1.54) is 12.5 Å². The summed E-state index contributed by atoms with van der Waals surface area (Å²) in [4.78, 5) is 17.7. The molecule has 1 aliphatic rings. The van der Waals surface area contributed by atoms with E-state index in [1.54, 1.807) is 18.5 Å². The lowest BCUT2D eigenvalue weighted by Gasteiger charge is -2.33. The summed E-state index contributed by atoms with van der Waals surface area (Å²) >= 11 is 0. The van der Waals surface area contributed by atoms with Crippen molar-refractivity contribution in [1.29, 1.82) is 0 Å². The monoisotopic (exact) mass is 289 g/mol. The van der Waals surface area contributed by atoms with E-state index in [9.17, 15) is 4.39 Å². The van der Waals surface area contributed by atoms with Crippen molar-refractivity contribution in [2.45, 2.75) is 12.8 Å². The molecule has 0 saturated carbocycles. The van der Waals surface area contributed by atoms with Crippen molar-refractivity contribution in [2.24, 2.45) is 5.92 Å². The molecule has 2 aromatic rings. The van der Waals surface area contributed by atoms with Gasteiger partial charge in [-0.2, -0.15) is 0 Å². The molecule has 0 aliphatic carbocycles. The number of hydrogen-bond donors (Lipinski definition) is 0. The number of halogens is 1. The molecule has 1 atom stereocenters. The van der Waals surface area contributed by atoms with Crippen LogP contribution in [0.15, 0.2) is 31.0 Å². The quantitative estimate of drug-likeness (QED) is 0.853. The third-order valence-corrected chi connectivity index (χ3v) is 3.46. The molecule has 1 aliphatic heterocycles. The fourth-order valence-corrected chi connectivity index (χ4v) is 2.48. The van der Waals surface area contributed by atoms with E-state index in [2.05, 4.69) is 19.9 Å². The molecule has 1 unspecified atom stereocenters. The van der Waals surface area contributed by atoms with Gasteiger partial charge in [-0.05, 0) is 18.9 Å². The molecule has 21 heavy (non-hydrogen) atoms. The van der Waals surface area contributed by atoms with Crippen molar-refractivity contribution >= 4 is 5.82 Å². The van der Waals surface area contributed by atoms with Crippen LogP contribution in [-0.4, -0.2) is 39.6 Å². The zero-order valence-corrected chi connectivity index (χ0v) is 11.5. The van der Waals surface area contributed by atoms with Gasteiger partial charge in [-0.15, -0.1) is 0 Å². The maximum absolute atomic E-state index is 13.7. The fraction of sp³-hybridized carbons (Fsp3) is 0.429. The lowest BCUT2D eigenvalue weighted by Crippen LogP contribution is -2.38. The molecule has 7 heteroatoms. The summed E-state index contributed by atoms with van der Waals surface area (Å²) in [5, 5.41) is 0. The zero-order chi connectivity index (χ0) is 14.5. The minimum absolute atomic E-state index is 0.303. The highest BCUT2D eigenvalue weighted by atomic mass is 19.1. The van der Waals surface area contributed by atoms with E-state index in [0.717, 1.165) is 19.4 Å². The van der Waals surface area contributed by atoms with E-state index < -0.39 is 0 Å². The topological polar surface area (TPSA) is 64.0 Å². The Morgan fingerprint density at radius 2 is 2.14 bits per heavy atom. The number of nitrogens with zero attached hydrogens (tertiary/aromatic N) is 5. The normalized spacial score (nSPS) is 18.5. The SMILES string of the molecule is Fc1cncnc1N1CCCC(COc2ncccn2)C1. The lowest BCUT2D eigenvalue weighted by molar-refractivity contribution is 0.213. The first kappa shape index (κ1) is 13.7. The molecule has 1 saturated heterocycles. The molecule has 0 bridgehead atoms. The first-order valence-corrected chi connectivity index (χ1v) is 6.93. The summed E-state index contributed by atoms with van der Waals surface area (Å²) in [5.41, 5.74) is 0. The molecule has 3 rings (SSSR count). The summed E-state index contributed by atoms with van der Waals surface area (Å²) < 4.78 is 19.3. The molecule has 0 radical (unpaired) electrons. The Morgan fingerprint density at radius 1 is 1.29 bits per heavy atom. The van der Waals surface area contributed by atoms with Gasteiger partial charge in [-0.25, -0.2) is 24.3 Å². The van der Waals surface area contributed by atoms with Gasteiger partial charge in [0.2, 0.25) is 0 Å². The summed E-state index contributed by atoms with van der Waals surface area (Å²) in [6.45, 7) is 2.03. The molecule has 2 aromatic heterocycles. The Labute approximate surface area is 122 Å². The van der Waals surface area contributed by atoms with Gasteiger partial charge >= 0.3 is 6.01 Å². The Morgan fingerprint density at radius 3 is 2.95 bits per heavy atom. The van der Waals surface area contributed by atoms with Crippen molar-refractivity contribution in [3.8, 4) is 6.01 Å². The van der Waals surface area contributed by atoms with Crippen LogP contribution < -0.4 is 9.64 Å². The molecule has 1 fully saturated rings. The highest BCUT2D eigenvalue weighted by Gasteiger charge is 2.23. The van der Waals surface area contributed by atoms with Crippen LogP contribution in [0, 0.1) is 11.7 Å². The number of aromatic nitrogens is 4. The smallest absolute Gasteiger partial charge is 0.316 e. The molecule has 0 aromatic carbocycles. The third-order valence-electron chi connectivity index (χ3n) is 3.46. The van der Waals surface area contributed by atoms with Crippen LogP contribution in [0.3, 0.4) is 0 Å². The van der Waals surface area contributed by atoms with E-state index in [4.69, 9.17) is 4.74 Å². The molecular weight excluding hydrogens is 273 g/mol. The van der Waals surface area contributed by atoms with Gasteiger partial charge in [0.05, 0.1) is 12.8 Å². The standard InChI is InChI=1S/C14H16FN5O/c15-12-7-16-10-19-13(12)20-6-1-3-11(8-20)9-21-14-17-4-2-5-18-14/h2,4-5,7,10-11H,1,3,6,8-9H2. The number of ether oxygens (including phenoxy) is 1. The lowest BCUT2D eigenvalue weighted by atomic mass is 9.99. The molecule has 0 spiro atoms. The van der Waals surface area contributed by atoms with Crippen molar-refractivity contribution in [3.05, 3.63) is 36.8 Å². The highest BCUT2D eigenvalue weighted by molar-refractivity contribution is 5.38. The van der Waals surface area contributed by atoms with Crippen molar-refractivity contribution in [3.63, 3.8) is 0 Å². The van der Waals surface area contributed by atoms with Crippen LogP contribution in [0.25, 0.3) is 0 Å². The van der Waals surface area contributed by atoms with Crippen LogP contribution >= 0.6 is 0 Å². The van der Waals surface area contributed by atoms with Gasteiger partial charge in [-0.3, -0.25) is 0 Å². The van der Waals surface area contributed by atoms with Crippen LogP contribution in [0.2, 0.25) is 0 Å². The first-order chi connectivity index (χ1) is 10.3. The highest BCUT2D eigenvalue weighted by Crippen LogP contribution is 2.23. The van der Waals surface area contributed by atoms with Crippen LogP contribution in [0.5, 0.6) is 6.01 Å². The predicted octanol–water partition coefficient (Wildman–Crippen LogP) is 1.70. The van der Waals surface area contributed by atoms with Crippen LogP contribution in [0.4, 0.5) is 10.2 Å². The van der Waals surface area contributed by atoms with Crippen molar-refractivity contribution in [2.75, 3.05) is 24.6 Å². The predicted molar refractivity (Wildman–Crippen MR) is 74.5 cm³/mol. The maximum Gasteiger partial charge on any atom is 0.316 e. The average molecular weight is 289 g/mol. The van der Waals surface area contributed by atoms with Gasteiger partial charge in [0.1, 0.15) is 6.33 Å². The third kappa shape index (κ3) is 3.42. The second-order valence-corrected chi connectivity index (χ2v) is 4.99. The van der Waals surface area contributed by atoms with Crippen LogP contribution in [0.1, 0.15) is 12.8 Å². The average Bonchev–Trinajstić information content (AvgIpc) is 2.55. The van der Waals surface area contributed by atoms with E-state index >= 15 is 0 Å². The molecular formula is C14H16FN5O. The molecule has 3 heterocycles. The second-order valence-electron chi connectivity index (χ2n) is 4.99. The van der Waals surface area contributed by atoms with E-state index in [1.807, 2.05) is 4.90 Å². The number of anilines is 1. The van der Waals surface area contributed by atoms with Crippen molar-refractivity contribution < 1.29 is 9.13 Å². The minimum Gasteiger partial charge on any atom is -0.463 e. The van der Waals surface area contributed by atoms with E-state index in [0.29, 0.717) is 30.9 Å². The van der Waals surface area contributed by atoms with E-state index in [-0.39, 0.29) is 5.82 Å². The largest absolute Gasteiger partial charge is 0.463 e. The zero-order valence-electron chi connectivity index (χ0n) is 11.5. The van der Waals surface area contributed by atoms with Crippen LogP contribution in [-0.2, 0) is 0 Å². The Bertz CT molecular complexity index is 583. The van der Waals surface area contributed by atoms with Crippen molar-refractivity contribution in [1.82, 2.24) is 19.9 Å². The molecule has 0 N–H and O–H groups in total. The van der Waals surface area contributed by atoms with Gasteiger partial charge in [-0.1, -0.05) is 0 Å². The summed E-state index contributed by atoms with van der Waals surface area (Å²) in [5.74, 6) is 0.285. The first-order valence-electron chi connectivity index (χ1n) is 6.93. The molecule has 0 amide bonds. The van der Waals surface area contributed by atoms with Gasteiger partial charge in [0.15, 0.2) is 11.6 Å². The summed E-state index contributed by atoms with van der Waals surface area (Å²) in [7, 11) is 0. The summed E-state index contributed by atoms with van der Waals surface area (Å²) in [6.07, 6.45) is 7.87. The summed E-state index contributed by atoms with van der Waals surface area (Å²) in [6, 6.07) is 2.12. The second kappa shape index (κ2) is 6.43. The minimum atomic E-state index is -0.384. The number of hydrogen-bond acceptors (Lipinski definition) is 6. The molecule has 110 valence electrons. The number of piperidine rings is 1. The fourth-order valence-electron chi connectivity index (χ4n) is 2.48. The Kier molecular flexibility index (Phi) is 4.18. The Balaban J connectivity index is 1.60. The van der Waals surface area contributed by atoms with Gasteiger partial charge in [0.25, 0.3) is 0 Å². The van der Waals surface area contributed by atoms with Gasteiger partial charge in [0, 0.05) is 31.4 Å². The number of rotatable bonds is 4. The Hall–Kier alpha value is -2.31. The molecule has 6 nitrogen and oxygen atoms in total. The van der Waals surface area contributed by atoms with Gasteiger partial charge < -0.3 is 9.64 Å².